The zero-order valence-corrected chi connectivity index (χ0v) is 29.5. The first-order valence-electron chi connectivity index (χ1n) is 11.7. The third-order valence-electron chi connectivity index (χ3n) is 5.01. The summed E-state index contributed by atoms with van der Waals surface area (Å²) in [6.45, 7) is 6.26. The first-order chi connectivity index (χ1) is 17.5. The summed E-state index contributed by atoms with van der Waals surface area (Å²) < 4.78 is 82.7. The molecule has 0 atom stereocenters. The van der Waals surface area contributed by atoms with E-state index in [2.05, 4.69) is 8.85 Å². The van der Waals surface area contributed by atoms with E-state index in [1.165, 1.54) is 28.4 Å². The fourth-order valence-electron chi connectivity index (χ4n) is 3.01. The van der Waals surface area contributed by atoms with Gasteiger partial charge < -0.3 is 56.9 Å². The van der Waals surface area contributed by atoms with Gasteiger partial charge in [0.1, 0.15) is 0 Å². The quantitative estimate of drug-likeness (QED) is 0.162. The number of rotatable bonds is 22. The molecule has 0 spiro atoms. The Morgan fingerprint density at radius 1 is 0.514 bits per heavy atom. The lowest BCUT2D eigenvalue weighted by Crippen LogP contribution is -2.65. The molecule has 224 valence electrons. The Morgan fingerprint density at radius 3 is 1.08 bits per heavy atom. The first-order valence-corrected chi connectivity index (χ1v) is 20.4. The Hall–Kier alpha value is 0.0444. The highest BCUT2D eigenvalue weighted by Crippen LogP contribution is 2.31. The molecule has 0 heterocycles. The molecule has 0 aromatic rings. The van der Waals surface area contributed by atoms with Crippen LogP contribution < -0.4 is 0 Å². The van der Waals surface area contributed by atoms with Gasteiger partial charge in [-0.1, -0.05) is 13.3 Å². The monoisotopic (exact) mass is 628 g/mol. The third kappa shape index (κ3) is 13.3. The Balaban J connectivity index is 0. The summed E-state index contributed by atoms with van der Waals surface area (Å²) in [6.07, 6.45) is 0.789. The molecular formula is C18H48O14Si5. The molecule has 19 heteroatoms. The van der Waals surface area contributed by atoms with E-state index in [-0.39, 0.29) is 0 Å². The second kappa shape index (κ2) is 20.9. The van der Waals surface area contributed by atoms with Gasteiger partial charge in [-0.3, -0.25) is 4.46 Å². The summed E-state index contributed by atoms with van der Waals surface area (Å²) in [5.41, 5.74) is 0. The maximum Gasteiger partial charge on any atom is 0.766 e. The number of hydrogen-bond donors (Lipinski definition) is 0. The molecule has 0 aromatic carbocycles. The van der Waals surface area contributed by atoms with Crippen molar-refractivity contribution in [1.29, 1.82) is 0 Å². The van der Waals surface area contributed by atoms with Crippen LogP contribution in [0.3, 0.4) is 0 Å². The molecule has 0 bridgehead atoms. The third-order valence-corrected chi connectivity index (χ3v) is 19.1. The van der Waals surface area contributed by atoms with Gasteiger partial charge in [-0.2, -0.15) is 0 Å². The van der Waals surface area contributed by atoms with E-state index in [0.717, 1.165) is 6.42 Å². The van der Waals surface area contributed by atoms with Crippen molar-refractivity contribution in [3.05, 3.63) is 0 Å². The van der Waals surface area contributed by atoms with E-state index in [1.807, 2.05) is 20.8 Å². The highest BCUT2D eigenvalue weighted by molar-refractivity contribution is 6.78. The highest BCUT2D eigenvalue weighted by Gasteiger charge is 2.62. The minimum atomic E-state index is -3.80. The van der Waals surface area contributed by atoms with Crippen molar-refractivity contribution >= 4 is 44.6 Å². The fraction of sp³-hybridized carbons (Fsp3) is 1.00. The van der Waals surface area contributed by atoms with Gasteiger partial charge in [0.15, 0.2) is 0 Å². The largest absolute Gasteiger partial charge is 0.766 e. The molecule has 0 amide bonds. The molecule has 37 heavy (non-hydrogen) atoms. The van der Waals surface area contributed by atoms with Crippen molar-refractivity contribution in [2.45, 2.75) is 45.3 Å². The van der Waals surface area contributed by atoms with Crippen LogP contribution in [-0.4, -0.2) is 122 Å². The van der Waals surface area contributed by atoms with Gasteiger partial charge in [0.05, 0.1) is 14.2 Å². The molecule has 0 fully saturated rings. The van der Waals surface area contributed by atoms with Gasteiger partial charge in [0.2, 0.25) is 0 Å². The van der Waals surface area contributed by atoms with Crippen molar-refractivity contribution in [2.24, 2.45) is 0 Å². The van der Waals surface area contributed by atoms with Gasteiger partial charge in [-0.05, 0) is 13.8 Å². The Kier molecular flexibility index (Phi) is 22.1. The Bertz CT molecular complexity index is 559. The molecule has 0 aliphatic rings. The molecule has 0 aliphatic heterocycles. The molecule has 0 saturated carbocycles. The van der Waals surface area contributed by atoms with Crippen LogP contribution in [0.4, 0.5) is 0 Å². The van der Waals surface area contributed by atoms with Crippen LogP contribution in [0.2, 0.25) is 18.1 Å². The van der Waals surface area contributed by atoms with E-state index in [1.54, 1.807) is 35.5 Å². The second-order valence-corrected chi connectivity index (χ2v) is 19.9. The predicted octanol–water partition coefficient (Wildman–Crippen LogP) is 1.97. The molecule has 0 N–H and O–H groups in total. The van der Waals surface area contributed by atoms with E-state index in [0.29, 0.717) is 31.3 Å². The maximum absolute atomic E-state index is 9.92. The Morgan fingerprint density at radius 2 is 0.838 bits per heavy atom. The van der Waals surface area contributed by atoms with Crippen LogP contribution in [0, 0.1) is 0 Å². The fourth-order valence-corrected chi connectivity index (χ4v) is 16.0. The number of hydrogen-bond acceptors (Lipinski definition) is 14. The predicted molar refractivity (Wildman–Crippen MR) is 143 cm³/mol. The van der Waals surface area contributed by atoms with Gasteiger partial charge in [0, 0.05) is 81.1 Å². The van der Waals surface area contributed by atoms with Crippen LogP contribution in [0.5, 0.6) is 0 Å². The SMILES string of the molecule is CCC[Si](OC)(OC)O[Si](OCC)(OCC)O[Si](CC[Si](OC)(OC)OC)(OC)OC.CO[Si](=O)OC. The van der Waals surface area contributed by atoms with Gasteiger partial charge in [0.25, 0.3) is 0 Å². The minimum Gasteiger partial charge on any atom is -0.499 e. The average molecular weight is 629 g/mol. The molecule has 0 saturated heterocycles. The zero-order valence-electron chi connectivity index (χ0n) is 24.5. The van der Waals surface area contributed by atoms with Crippen molar-refractivity contribution < 1.29 is 61.4 Å². The lowest BCUT2D eigenvalue weighted by molar-refractivity contribution is -0.00990. The van der Waals surface area contributed by atoms with Crippen molar-refractivity contribution in [2.75, 3.05) is 77.2 Å². The van der Waals surface area contributed by atoms with E-state index in [4.69, 9.17) is 48.1 Å². The molecule has 0 unspecified atom stereocenters. The summed E-state index contributed by atoms with van der Waals surface area (Å²) in [6, 6.07) is 1.31. The van der Waals surface area contributed by atoms with Crippen LogP contribution in [0.1, 0.15) is 27.2 Å². The average Bonchev–Trinajstić information content (AvgIpc) is 2.93. The van der Waals surface area contributed by atoms with Crippen molar-refractivity contribution in [3.63, 3.8) is 0 Å². The standard InChI is InChI=1S/C16H42O11Si4.C2H6O3Si/c1-11-14-29(20-7,21-8)26-31(24-12-2,25-13-3)27-30(22-9,23-10)16-15-28(17-4,18-5)19-6;1-4-6(3)5-2/h11-16H2,1-10H3;1-2H3. The van der Waals surface area contributed by atoms with E-state index >= 15 is 0 Å². The highest BCUT2D eigenvalue weighted by atomic mass is 28.5. The molecule has 0 radical (unpaired) electrons. The molecule has 0 aliphatic carbocycles. The molecule has 14 nitrogen and oxygen atoms in total. The topological polar surface area (TPSA) is 137 Å². The lowest BCUT2D eigenvalue weighted by atomic mass is 10.6. The maximum atomic E-state index is 9.92. The first kappa shape index (κ1) is 39.2. The normalized spacial score (nSPS) is 12.6. The van der Waals surface area contributed by atoms with Crippen LogP contribution in [0.25, 0.3) is 0 Å². The minimum absolute atomic E-state index is 0.293. The summed E-state index contributed by atoms with van der Waals surface area (Å²) in [7, 11) is -1.84. The van der Waals surface area contributed by atoms with E-state index < -0.39 is 44.6 Å². The van der Waals surface area contributed by atoms with Crippen LogP contribution in [0.15, 0.2) is 0 Å². The zero-order chi connectivity index (χ0) is 29.0. The van der Waals surface area contributed by atoms with Gasteiger partial charge in [-0.25, -0.2) is 0 Å². The smallest absolute Gasteiger partial charge is 0.499 e. The van der Waals surface area contributed by atoms with Crippen LogP contribution >= 0.6 is 0 Å². The second-order valence-electron chi connectivity index (χ2n) is 6.96. The summed E-state index contributed by atoms with van der Waals surface area (Å²) in [5, 5.41) is 0. The summed E-state index contributed by atoms with van der Waals surface area (Å²) in [5.74, 6) is 0. The molecular weight excluding hydrogens is 581 g/mol. The summed E-state index contributed by atoms with van der Waals surface area (Å²) >= 11 is 0. The molecule has 0 aromatic heterocycles. The summed E-state index contributed by atoms with van der Waals surface area (Å²) in [4.78, 5) is 0. The van der Waals surface area contributed by atoms with Crippen molar-refractivity contribution in [1.82, 2.24) is 0 Å². The van der Waals surface area contributed by atoms with Crippen LogP contribution in [-0.2, 0) is 61.4 Å². The van der Waals surface area contributed by atoms with E-state index in [9.17, 15) is 4.46 Å². The lowest BCUT2D eigenvalue weighted by Gasteiger charge is -2.39. The van der Waals surface area contributed by atoms with Gasteiger partial charge >= 0.3 is 44.6 Å². The van der Waals surface area contributed by atoms with Gasteiger partial charge in [-0.15, -0.1) is 0 Å². The molecule has 0 rings (SSSR count). The Labute approximate surface area is 228 Å². The van der Waals surface area contributed by atoms with Crippen molar-refractivity contribution in [3.8, 4) is 0 Å².